The van der Waals surface area contributed by atoms with Gasteiger partial charge in [-0.1, -0.05) is 11.2 Å². The number of carbonyl (C=O) groups excluding carboxylic acids is 4. The highest BCUT2D eigenvalue weighted by Gasteiger charge is 2.61. The number of amides is 3. The Morgan fingerprint density at radius 2 is 1.87 bits per heavy atom. The molecule has 2 aromatic rings. The number of anilines is 2. The van der Waals surface area contributed by atoms with Crippen LogP contribution in [0.4, 0.5) is 11.5 Å². The second-order valence-electron chi connectivity index (χ2n) is 8.39. The average Bonchev–Trinajstić information content (AvgIpc) is 3.51. The molecule has 4 atom stereocenters. The summed E-state index contributed by atoms with van der Waals surface area (Å²) >= 11 is 0. The molecule has 1 saturated heterocycles. The fourth-order valence-corrected chi connectivity index (χ4v) is 5.25. The van der Waals surface area contributed by atoms with Gasteiger partial charge in [0.25, 0.3) is 5.91 Å². The number of aromatic nitrogens is 1. The van der Waals surface area contributed by atoms with Crippen LogP contribution in [0.15, 0.2) is 34.9 Å². The van der Waals surface area contributed by atoms with Gasteiger partial charge >= 0.3 is 5.97 Å². The Kier molecular flexibility index (Phi) is 4.60. The van der Waals surface area contributed by atoms with E-state index in [4.69, 9.17) is 9.26 Å². The highest BCUT2D eigenvalue weighted by Crippen LogP contribution is 2.56. The highest BCUT2D eigenvalue weighted by atomic mass is 16.5. The first-order valence-electron chi connectivity index (χ1n) is 10.3. The second-order valence-corrected chi connectivity index (χ2v) is 8.39. The minimum atomic E-state index is -0.729. The number of benzene rings is 1. The summed E-state index contributed by atoms with van der Waals surface area (Å²) < 4.78 is 9.91. The van der Waals surface area contributed by atoms with Gasteiger partial charge in [-0.25, -0.2) is 4.79 Å². The molecule has 0 radical (unpaired) electrons. The number of esters is 1. The molecule has 1 aliphatic heterocycles. The van der Waals surface area contributed by atoms with E-state index >= 15 is 0 Å². The van der Waals surface area contributed by atoms with Crippen molar-refractivity contribution >= 4 is 35.2 Å². The summed E-state index contributed by atoms with van der Waals surface area (Å²) in [4.78, 5) is 51.5. The molecule has 1 aromatic carbocycles. The SMILES string of the molecule is Cc1cc(NC(=O)COC(=O)c2cccc(N3C(=O)[C@@H]4[C@H]5CC[C@@H](C5)[C@@H]4C3=O)c2)no1. The van der Waals surface area contributed by atoms with Crippen molar-refractivity contribution in [2.45, 2.75) is 26.2 Å². The number of nitrogens with one attached hydrogen (secondary N) is 1. The van der Waals surface area contributed by atoms with Gasteiger partial charge in [-0.3, -0.25) is 19.3 Å². The molecular weight excluding hydrogens is 402 g/mol. The lowest BCUT2D eigenvalue weighted by molar-refractivity contribution is -0.123. The average molecular weight is 423 g/mol. The number of ether oxygens (including phenoxy) is 1. The van der Waals surface area contributed by atoms with Crippen molar-refractivity contribution in [2.24, 2.45) is 23.7 Å². The van der Waals surface area contributed by atoms with E-state index in [9.17, 15) is 19.2 Å². The largest absolute Gasteiger partial charge is 0.452 e. The van der Waals surface area contributed by atoms with Crippen molar-refractivity contribution in [3.63, 3.8) is 0 Å². The number of fused-ring (bicyclic) bond motifs is 5. The number of hydrogen-bond acceptors (Lipinski definition) is 7. The van der Waals surface area contributed by atoms with E-state index in [1.165, 1.54) is 23.1 Å². The topological polar surface area (TPSA) is 119 Å². The van der Waals surface area contributed by atoms with Crippen LogP contribution in [-0.2, 0) is 19.1 Å². The zero-order chi connectivity index (χ0) is 21.7. The minimum absolute atomic E-state index is 0.156. The van der Waals surface area contributed by atoms with Crippen LogP contribution >= 0.6 is 0 Å². The lowest BCUT2D eigenvalue weighted by Crippen LogP contribution is -2.32. The smallest absolute Gasteiger partial charge is 0.338 e. The van der Waals surface area contributed by atoms with Gasteiger partial charge in [-0.2, -0.15) is 0 Å². The molecule has 2 heterocycles. The van der Waals surface area contributed by atoms with Crippen LogP contribution in [0, 0.1) is 30.6 Å². The van der Waals surface area contributed by atoms with Crippen LogP contribution in [0.5, 0.6) is 0 Å². The van der Waals surface area contributed by atoms with Crippen molar-refractivity contribution in [1.29, 1.82) is 0 Å². The van der Waals surface area contributed by atoms with Crippen molar-refractivity contribution in [3.05, 3.63) is 41.7 Å². The van der Waals surface area contributed by atoms with Gasteiger partial charge in [-0.05, 0) is 56.2 Å². The minimum Gasteiger partial charge on any atom is -0.452 e. The zero-order valence-corrected chi connectivity index (χ0v) is 16.9. The van der Waals surface area contributed by atoms with Crippen molar-refractivity contribution in [2.75, 3.05) is 16.8 Å². The first-order chi connectivity index (χ1) is 14.9. The van der Waals surface area contributed by atoms with Crippen LogP contribution in [0.2, 0.25) is 0 Å². The third-order valence-corrected chi connectivity index (χ3v) is 6.50. The maximum Gasteiger partial charge on any atom is 0.338 e. The molecule has 31 heavy (non-hydrogen) atoms. The molecule has 9 nitrogen and oxygen atoms in total. The number of nitrogens with zero attached hydrogens (tertiary/aromatic N) is 2. The zero-order valence-electron chi connectivity index (χ0n) is 16.9. The van der Waals surface area contributed by atoms with Gasteiger partial charge in [0.15, 0.2) is 12.4 Å². The normalized spacial score (nSPS) is 26.3. The quantitative estimate of drug-likeness (QED) is 0.579. The molecule has 160 valence electrons. The molecule has 0 spiro atoms. The summed E-state index contributed by atoms with van der Waals surface area (Å²) in [5, 5.41) is 6.09. The molecule has 5 rings (SSSR count). The Hall–Kier alpha value is -3.49. The molecule has 2 bridgehead atoms. The summed E-state index contributed by atoms with van der Waals surface area (Å²) in [6, 6.07) is 7.73. The molecule has 3 fully saturated rings. The summed E-state index contributed by atoms with van der Waals surface area (Å²) in [5.41, 5.74) is 0.518. The number of hydrogen-bond donors (Lipinski definition) is 1. The molecule has 2 aliphatic carbocycles. The van der Waals surface area contributed by atoms with Gasteiger partial charge < -0.3 is 14.6 Å². The fraction of sp³-hybridized carbons (Fsp3) is 0.409. The van der Waals surface area contributed by atoms with Crippen LogP contribution in [0.1, 0.15) is 35.4 Å². The van der Waals surface area contributed by atoms with E-state index in [1.807, 2.05) is 0 Å². The van der Waals surface area contributed by atoms with Gasteiger partial charge in [0.05, 0.1) is 23.1 Å². The van der Waals surface area contributed by atoms with Gasteiger partial charge in [-0.15, -0.1) is 0 Å². The van der Waals surface area contributed by atoms with Crippen LogP contribution < -0.4 is 10.2 Å². The third-order valence-electron chi connectivity index (χ3n) is 6.50. The lowest BCUT2D eigenvalue weighted by Gasteiger charge is -2.19. The van der Waals surface area contributed by atoms with Crippen molar-refractivity contribution in [3.8, 4) is 0 Å². The summed E-state index contributed by atoms with van der Waals surface area (Å²) in [6.07, 6.45) is 2.96. The Morgan fingerprint density at radius 3 is 2.52 bits per heavy atom. The predicted molar refractivity (Wildman–Crippen MR) is 107 cm³/mol. The van der Waals surface area contributed by atoms with E-state index in [0.29, 0.717) is 11.4 Å². The van der Waals surface area contributed by atoms with Crippen molar-refractivity contribution < 1.29 is 28.4 Å². The fourth-order valence-electron chi connectivity index (χ4n) is 5.25. The van der Waals surface area contributed by atoms with E-state index < -0.39 is 18.5 Å². The van der Waals surface area contributed by atoms with Gasteiger partial charge in [0, 0.05) is 6.07 Å². The molecule has 1 N–H and O–H groups in total. The summed E-state index contributed by atoms with van der Waals surface area (Å²) in [6.45, 7) is 1.17. The molecule has 0 unspecified atom stereocenters. The first-order valence-corrected chi connectivity index (χ1v) is 10.3. The van der Waals surface area contributed by atoms with Crippen molar-refractivity contribution in [1.82, 2.24) is 5.16 Å². The summed E-state index contributed by atoms with van der Waals surface area (Å²) in [7, 11) is 0. The maximum atomic E-state index is 13.0. The molecular formula is C22H21N3O6. The monoisotopic (exact) mass is 423 g/mol. The Balaban J connectivity index is 1.26. The lowest BCUT2D eigenvalue weighted by atomic mass is 9.81. The Bertz CT molecular complexity index is 1060. The van der Waals surface area contributed by atoms with Crippen LogP contribution in [-0.4, -0.2) is 35.5 Å². The highest BCUT2D eigenvalue weighted by molar-refractivity contribution is 6.22. The molecule has 1 aromatic heterocycles. The van der Waals surface area contributed by atoms with Gasteiger partial charge in [0.2, 0.25) is 11.8 Å². The maximum absolute atomic E-state index is 13.0. The third kappa shape index (κ3) is 3.30. The Morgan fingerprint density at radius 1 is 1.16 bits per heavy atom. The number of carbonyl (C=O) groups is 4. The molecule has 2 saturated carbocycles. The predicted octanol–water partition coefficient (Wildman–Crippen LogP) is 2.31. The second kappa shape index (κ2) is 7.33. The number of imide groups is 1. The van der Waals surface area contributed by atoms with E-state index in [-0.39, 0.29) is 46.9 Å². The van der Waals surface area contributed by atoms with Gasteiger partial charge in [0.1, 0.15) is 5.76 Å². The Labute approximate surface area is 177 Å². The standard InChI is InChI=1S/C22H21N3O6/c1-11-7-16(24-31-11)23-17(26)10-30-22(29)14-3-2-4-15(9-14)25-20(27)18-12-5-6-13(8-12)19(18)21(25)28/h2-4,7,9,12-13,18-19H,5-6,8,10H2,1H3,(H,23,24,26)/t12-,13-,18-,19+/m0/s1. The summed E-state index contributed by atoms with van der Waals surface area (Å²) in [5.74, 6) is -0.758. The number of rotatable bonds is 5. The van der Waals surface area contributed by atoms with Crippen LogP contribution in [0.3, 0.4) is 0 Å². The van der Waals surface area contributed by atoms with E-state index in [0.717, 1.165) is 19.3 Å². The molecule has 9 heteroatoms. The van der Waals surface area contributed by atoms with E-state index in [2.05, 4.69) is 10.5 Å². The van der Waals surface area contributed by atoms with Crippen LogP contribution in [0.25, 0.3) is 0 Å². The first kappa shape index (κ1) is 19.5. The molecule has 3 amide bonds. The van der Waals surface area contributed by atoms with E-state index in [1.54, 1.807) is 19.1 Å². The number of aryl methyl sites for hydroxylation is 1. The molecule has 3 aliphatic rings.